The van der Waals surface area contributed by atoms with Gasteiger partial charge in [0.2, 0.25) is 5.91 Å². The van der Waals surface area contributed by atoms with Gasteiger partial charge in [0.25, 0.3) is 5.56 Å². The van der Waals surface area contributed by atoms with Gasteiger partial charge in [0.1, 0.15) is 5.75 Å². The van der Waals surface area contributed by atoms with E-state index >= 15 is 0 Å². The lowest BCUT2D eigenvalue weighted by atomic mass is 10.1. The molecule has 1 aliphatic rings. The molecule has 1 heterocycles. The summed E-state index contributed by atoms with van der Waals surface area (Å²) in [5.41, 5.74) is 1.36. The van der Waals surface area contributed by atoms with E-state index in [1.807, 2.05) is 31.2 Å². The van der Waals surface area contributed by atoms with Crippen LogP contribution in [0, 0.1) is 5.92 Å². The maximum Gasteiger partial charge on any atom is 0.253 e. The van der Waals surface area contributed by atoms with Gasteiger partial charge in [-0.2, -0.15) is 0 Å². The molecule has 1 saturated carbocycles. The van der Waals surface area contributed by atoms with E-state index in [2.05, 4.69) is 10.3 Å². The van der Waals surface area contributed by atoms with Crippen LogP contribution in [0.25, 0.3) is 11.3 Å². The van der Waals surface area contributed by atoms with Gasteiger partial charge in [-0.25, -0.2) is 4.98 Å². The number of nitrogens with one attached hydrogen (secondary N) is 1. The zero-order valence-corrected chi connectivity index (χ0v) is 13.7. The quantitative estimate of drug-likeness (QED) is 0.842. The number of ether oxygens (including phenoxy) is 1. The van der Waals surface area contributed by atoms with Crippen LogP contribution in [0.2, 0.25) is 0 Å². The molecule has 126 valence electrons. The SMILES string of the molecule is CCOc1ccc(-c2cc(=O)n(CCNC(=O)C3CC3)cn2)cc1. The van der Waals surface area contributed by atoms with Crippen molar-refractivity contribution in [2.24, 2.45) is 5.92 Å². The van der Waals surface area contributed by atoms with Crippen LogP contribution in [-0.4, -0.2) is 28.6 Å². The van der Waals surface area contributed by atoms with Crippen molar-refractivity contribution in [3.05, 3.63) is 47.0 Å². The van der Waals surface area contributed by atoms with Gasteiger partial charge in [-0.3, -0.25) is 14.2 Å². The summed E-state index contributed by atoms with van der Waals surface area (Å²) in [6, 6.07) is 9.00. The van der Waals surface area contributed by atoms with Crippen molar-refractivity contribution in [2.75, 3.05) is 13.2 Å². The third kappa shape index (κ3) is 4.01. The van der Waals surface area contributed by atoms with Gasteiger partial charge in [0.15, 0.2) is 0 Å². The largest absolute Gasteiger partial charge is 0.494 e. The molecule has 0 saturated heterocycles. The third-order valence-corrected chi connectivity index (χ3v) is 3.94. The van der Waals surface area contributed by atoms with Gasteiger partial charge in [-0.1, -0.05) is 0 Å². The monoisotopic (exact) mass is 327 g/mol. The summed E-state index contributed by atoms with van der Waals surface area (Å²) in [6.07, 6.45) is 3.48. The topological polar surface area (TPSA) is 73.2 Å². The molecule has 1 N–H and O–H groups in total. The lowest BCUT2D eigenvalue weighted by Gasteiger charge is -2.08. The second-order valence-corrected chi connectivity index (χ2v) is 5.83. The predicted octanol–water partition coefficient (Wildman–Crippen LogP) is 1.84. The molecule has 0 aliphatic heterocycles. The average Bonchev–Trinajstić information content (AvgIpc) is 3.42. The fourth-order valence-electron chi connectivity index (χ4n) is 2.43. The van der Waals surface area contributed by atoms with E-state index in [-0.39, 0.29) is 17.4 Å². The van der Waals surface area contributed by atoms with E-state index in [0.717, 1.165) is 24.2 Å². The highest BCUT2D eigenvalue weighted by molar-refractivity contribution is 5.80. The molecule has 24 heavy (non-hydrogen) atoms. The molecule has 1 amide bonds. The van der Waals surface area contributed by atoms with Crippen molar-refractivity contribution in [1.29, 1.82) is 0 Å². The third-order valence-electron chi connectivity index (χ3n) is 3.94. The molecular formula is C18H21N3O3. The molecule has 6 nitrogen and oxygen atoms in total. The number of rotatable bonds is 7. The molecule has 0 unspecified atom stereocenters. The number of carbonyl (C=O) groups excluding carboxylic acids is 1. The van der Waals surface area contributed by atoms with E-state index in [0.29, 0.717) is 25.4 Å². The second kappa shape index (κ2) is 7.29. The molecule has 0 bridgehead atoms. The van der Waals surface area contributed by atoms with Crippen molar-refractivity contribution in [2.45, 2.75) is 26.3 Å². The number of nitrogens with zero attached hydrogens (tertiary/aromatic N) is 2. The molecule has 0 radical (unpaired) electrons. The molecular weight excluding hydrogens is 306 g/mol. The van der Waals surface area contributed by atoms with Gasteiger partial charge < -0.3 is 10.1 Å². The Morgan fingerprint density at radius 1 is 1.33 bits per heavy atom. The zero-order valence-electron chi connectivity index (χ0n) is 13.7. The lowest BCUT2D eigenvalue weighted by Crippen LogP contribution is -2.31. The zero-order chi connectivity index (χ0) is 16.9. The molecule has 1 fully saturated rings. The molecule has 3 rings (SSSR count). The number of carbonyl (C=O) groups is 1. The Morgan fingerprint density at radius 2 is 2.08 bits per heavy atom. The Labute approximate surface area is 140 Å². The van der Waals surface area contributed by atoms with E-state index in [1.165, 1.54) is 17.0 Å². The van der Waals surface area contributed by atoms with Crippen molar-refractivity contribution in [1.82, 2.24) is 14.9 Å². The van der Waals surface area contributed by atoms with Crippen LogP contribution in [0.3, 0.4) is 0 Å². The molecule has 1 aromatic carbocycles. The van der Waals surface area contributed by atoms with Gasteiger partial charge in [0.05, 0.1) is 18.6 Å². The van der Waals surface area contributed by atoms with Crippen LogP contribution in [0.5, 0.6) is 5.75 Å². The van der Waals surface area contributed by atoms with Crippen LogP contribution >= 0.6 is 0 Å². The summed E-state index contributed by atoms with van der Waals surface area (Å²) < 4.78 is 6.91. The predicted molar refractivity (Wildman–Crippen MR) is 90.8 cm³/mol. The van der Waals surface area contributed by atoms with Crippen molar-refractivity contribution < 1.29 is 9.53 Å². The summed E-state index contributed by atoms with van der Waals surface area (Å²) in [5, 5.41) is 2.84. The number of hydrogen-bond donors (Lipinski definition) is 1. The first-order chi connectivity index (χ1) is 11.7. The molecule has 1 aromatic heterocycles. The van der Waals surface area contributed by atoms with Crippen molar-refractivity contribution in [3.8, 4) is 17.0 Å². The normalized spacial score (nSPS) is 13.5. The standard InChI is InChI=1S/C18H21N3O3/c1-2-24-15-7-5-13(6-8-15)16-11-17(22)21(12-20-16)10-9-19-18(23)14-3-4-14/h5-8,11-12,14H,2-4,9-10H2,1H3,(H,19,23). The highest BCUT2D eigenvalue weighted by Crippen LogP contribution is 2.28. The minimum absolute atomic E-state index is 0.0852. The fourth-order valence-corrected chi connectivity index (χ4v) is 2.43. The molecule has 0 spiro atoms. The number of amides is 1. The van der Waals surface area contributed by atoms with Gasteiger partial charge >= 0.3 is 0 Å². The average molecular weight is 327 g/mol. The van der Waals surface area contributed by atoms with Gasteiger partial charge in [-0.05, 0) is 44.0 Å². The first kappa shape index (κ1) is 16.2. The summed E-state index contributed by atoms with van der Waals surface area (Å²) in [5.74, 6) is 1.06. The van der Waals surface area contributed by atoms with Gasteiger partial charge in [0, 0.05) is 30.6 Å². The minimum atomic E-state index is -0.130. The lowest BCUT2D eigenvalue weighted by molar-refractivity contribution is -0.122. The Balaban J connectivity index is 1.63. The van der Waals surface area contributed by atoms with Crippen LogP contribution < -0.4 is 15.6 Å². The Morgan fingerprint density at radius 3 is 2.71 bits per heavy atom. The first-order valence-electron chi connectivity index (χ1n) is 8.25. The maximum atomic E-state index is 12.2. The van der Waals surface area contributed by atoms with Gasteiger partial charge in [-0.15, -0.1) is 0 Å². The summed E-state index contributed by atoms with van der Waals surface area (Å²) >= 11 is 0. The maximum absolute atomic E-state index is 12.2. The van der Waals surface area contributed by atoms with E-state index in [9.17, 15) is 9.59 Å². The Bertz CT molecular complexity index is 764. The number of aromatic nitrogens is 2. The van der Waals surface area contributed by atoms with E-state index < -0.39 is 0 Å². The summed E-state index contributed by atoms with van der Waals surface area (Å²) in [4.78, 5) is 28.1. The number of hydrogen-bond acceptors (Lipinski definition) is 4. The van der Waals surface area contributed by atoms with E-state index in [4.69, 9.17) is 4.74 Å². The van der Waals surface area contributed by atoms with Crippen LogP contribution in [0.4, 0.5) is 0 Å². The molecule has 0 atom stereocenters. The van der Waals surface area contributed by atoms with E-state index in [1.54, 1.807) is 0 Å². The highest BCUT2D eigenvalue weighted by Gasteiger charge is 2.28. The Hall–Kier alpha value is -2.63. The molecule has 6 heteroatoms. The van der Waals surface area contributed by atoms with Crippen LogP contribution in [0.15, 0.2) is 41.5 Å². The highest BCUT2D eigenvalue weighted by atomic mass is 16.5. The van der Waals surface area contributed by atoms with Crippen molar-refractivity contribution in [3.63, 3.8) is 0 Å². The summed E-state index contributed by atoms with van der Waals surface area (Å²) in [7, 11) is 0. The summed E-state index contributed by atoms with van der Waals surface area (Å²) in [6.45, 7) is 3.42. The first-order valence-corrected chi connectivity index (χ1v) is 8.25. The van der Waals surface area contributed by atoms with Crippen LogP contribution in [0.1, 0.15) is 19.8 Å². The minimum Gasteiger partial charge on any atom is -0.494 e. The fraction of sp³-hybridized carbons (Fsp3) is 0.389. The smallest absolute Gasteiger partial charge is 0.253 e. The Kier molecular flexibility index (Phi) is 4.93. The van der Waals surface area contributed by atoms with Crippen LogP contribution in [-0.2, 0) is 11.3 Å². The second-order valence-electron chi connectivity index (χ2n) is 5.83. The molecule has 2 aromatic rings. The number of benzene rings is 1. The van der Waals surface area contributed by atoms with Crippen molar-refractivity contribution >= 4 is 5.91 Å². The molecule has 1 aliphatic carbocycles.